The van der Waals surface area contributed by atoms with E-state index in [0.717, 1.165) is 11.3 Å². The van der Waals surface area contributed by atoms with Gasteiger partial charge >= 0.3 is 5.97 Å². The first-order valence-corrected chi connectivity index (χ1v) is 6.59. The molecule has 0 unspecified atom stereocenters. The Morgan fingerprint density at radius 3 is 2.57 bits per heavy atom. The minimum atomic E-state index is -0.398. The van der Waals surface area contributed by atoms with Gasteiger partial charge in [-0.3, -0.25) is 4.79 Å². The van der Waals surface area contributed by atoms with Crippen molar-refractivity contribution in [3.8, 4) is 5.75 Å². The maximum Gasteiger partial charge on any atom is 0.308 e. The lowest BCUT2D eigenvalue weighted by molar-refractivity contribution is -0.134. The lowest BCUT2D eigenvalue weighted by Gasteiger charge is -2.08. The molecule has 0 amide bonds. The molecule has 0 saturated carbocycles. The summed E-state index contributed by atoms with van der Waals surface area (Å²) in [5.74, 6) is 0.746. The van der Waals surface area contributed by atoms with Crippen LogP contribution in [-0.2, 0) is 9.53 Å². The molecule has 5 nitrogen and oxygen atoms in total. The molecule has 0 aliphatic carbocycles. The Kier molecular flexibility index (Phi) is 4.84. The number of ether oxygens (including phenoxy) is 2. The Morgan fingerprint density at radius 1 is 1.29 bits per heavy atom. The lowest BCUT2D eigenvalue weighted by Crippen LogP contribution is -1.99. The summed E-state index contributed by atoms with van der Waals surface area (Å²) >= 11 is 4.97. The predicted octanol–water partition coefficient (Wildman–Crippen LogP) is 3.21. The Morgan fingerprint density at radius 2 is 2.00 bits per heavy atom. The van der Waals surface area contributed by atoms with Crippen molar-refractivity contribution < 1.29 is 14.3 Å². The molecule has 108 valence electrons. The van der Waals surface area contributed by atoms with Gasteiger partial charge in [-0.15, -0.1) is 0 Å². The molecule has 1 aromatic carbocycles. The Balaban J connectivity index is 2.41. The molecule has 1 N–H and O–H groups in total. The summed E-state index contributed by atoms with van der Waals surface area (Å²) < 4.78 is 10.7. The van der Waals surface area contributed by atoms with Crippen molar-refractivity contribution in [1.82, 2.24) is 9.97 Å². The van der Waals surface area contributed by atoms with E-state index in [1.165, 1.54) is 6.92 Å². The SMILES string of the molecule is COc1ccc(C(=Cc2ccnc(=S)[nH]2)OC(C)=O)cc1. The molecule has 0 spiro atoms. The van der Waals surface area contributed by atoms with Gasteiger partial charge < -0.3 is 14.5 Å². The molecule has 0 aliphatic rings. The van der Waals surface area contributed by atoms with Crippen LogP contribution < -0.4 is 4.74 Å². The molecule has 6 heteroatoms. The number of nitrogens with zero attached hydrogens (tertiary/aromatic N) is 1. The summed E-state index contributed by atoms with van der Waals surface area (Å²) in [6.45, 7) is 1.35. The normalized spacial score (nSPS) is 11.0. The van der Waals surface area contributed by atoms with Crippen LogP contribution in [0.1, 0.15) is 18.2 Å². The van der Waals surface area contributed by atoms with Gasteiger partial charge in [0.05, 0.1) is 7.11 Å². The monoisotopic (exact) mass is 302 g/mol. The number of benzene rings is 1. The average Bonchev–Trinajstić information content (AvgIpc) is 2.46. The summed E-state index contributed by atoms with van der Waals surface area (Å²) in [5.41, 5.74) is 1.45. The lowest BCUT2D eigenvalue weighted by atomic mass is 10.1. The van der Waals surface area contributed by atoms with Gasteiger partial charge in [0, 0.05) is 30.5 Å². The minimum Gasteiger partial charge on any atom is -0.497 e. The maximum absolute atomic E-state index is 11.3. The standard InChI is InChI=1S/C15H14N2O3S/c1-10(18)20-14(9-12-7-8-16-15(21)17-12)11-3-5-13(19-2)6-4-11/h3-9H,1-2H3,(H,16,17,21). The number of nitrogens with one attached hydrogen (secondary N) is 1. The second kappa shape index (κ2) is 6.81. The van der Waals surface area contributed by atoms with E-state index in [9.17, 15) is 4.79 Å². The van der Waals surface area contributed by atoms with Crippen LogP contribution in [0.15, 0.2) is 36.5 Å². The highest BCUT2D eigenvalue weighted by Gasteiger charge is 2.07. The number of aromatic amines is 1. The van der Waals surface area contributed by atoms with Crippen LogP contribution in [-0.4, -0.2) is 23.0 Å². The molecule has 0 aliphatic heterocycles. The number of hydrogen-bond donors (Lipinski definition) is 1. The van der Waals surface area contributed by atoms with Gasteiger partial charge in [-0.2, -0.15) is 0 Å². The molecule has 0 fully saturated rings. The van der Waals surface area contributed by atoms with Gasteiger partial charge in [-0.25, -0.2) is 4.98 Å². The van der Waals surface area contributed by atoms with E-state index >= 15 is 0 Å². The molecule has 21 heavy (non-hydrogen) atoms. The number of aromatic nitrogens is 2. The molecule has 1 aromatic heterocycles. The zero-order valence-corrected chi connectivity index (χ0v) is 12.4. The highest BCUT2D eigenvalue weighted by molar-refractivity contribution is 7.71. The second-order valence-electron chi connectivity index (χ2n) is 4.16. The quantitative estimate of drug-likeness (QED) is 0.534. The van der Waals surface area contributed by atoms with E-state index in [0.29, 0.717) is 16.2 Å². The number of H-pyrrole nitrogens is 1. The van der Waals surface area contributed by atoms with Crippen molar-refractivity contribution in [2.45, 2.75) is 6.92 Å². The Hall–Kier alpha value is -2.47. The van der Waals surface area contributed by atoms with Crippen molar-refractivity contribution in [2.24, 2.45) is 0 Å². The van der Waals surface area contributed by atoms with E-state index in [1.807, 2.05) is 12.1 Å². The fourth-order valence-corrected chi connectivity index (χ4v) is 1.87. The van der Waals surface area contributed by atoms with Gasteiger partial charge in [0.25, 0.3) is 0 Å². The van der Waals surface area contributed by atoms with Gasteiger partial charge in [0.15, 0.2) is 4.77 Å². The fourth-order valence-electron chi connectivity index (χ4n) is 1.69. The summed E-state index contributed by atoms with van der Waals surface area (Å²) in [6, 6.07) is 8.94. The van der Waals surface area contributed by atoms with Crippen LogP contribution >= 0.6 is 12.2 Å². The molecular formula is C15H14N2O3S. The molecule has 0 radical (unpaired) electrons. The maximum atomic E-state index is 11.3. The molecule has 2 aromatic rings. The number of esters is 1. The summed E-state index contributed by atoms with van der Waals surface area (Å²) in [6.07, 6.45) is 3.28. The molecule has 0 saturated heterocycles. The third-order valence-corrected chi connectivity index (χ3v) is 2.82. The highest BCUT2D eigenvalue weighted by atomic mass is 32.1. The van der Waals surface area contributed by atoms with Crippen molar-refractivity contribution >= 4 is 30.0 Å². The molecule has 1 heterocycles. The van der Waals surface area contributed by atoms with Crippen molar-refractivity contribution in [3.63, 3.8) is 0 Å². The predicted molar refractivity (Wildman–Crippen MR) is 82.1 cm³/mol. The van der Waals surface area contributed by atoms with Gasteiger partial charge in [-0.1, -0.05) is 0 Å². The van der Waals surface area contributed by atoms with Crippen LogP contribution in [0.2, 0.25) is 0 Å². The van der Waals surface area contributed by atoms with Crippen molar-refractivity contribution in [2.75, 3.05) is 7.11 Å². The minimum absolute atomic E-state index is 0.362. The number of methoxy groups -OCH3 is 1. The first-order chi connectivity index (χ1) is 10.1. The number of rotatable bonds is 4. The summed E-state index contributed by atoms with van der Waals surface area (Å²) in [5, 5.41) is 0. The van der Waals surface area contributed by atoms with Crippen molar-refractivity contribution in [1.29, 1.82) is 0 Å². The Bertz CT molecular complexity index is 720. The largest absolute Gasteiger partial charge is 0.497 e. The fraction of sp³-hybridized carbons (Fsp3) is 0.133. The number of carbonyl (C=O) groups excluding carboxylic acids is 1. The van der Waals surface area contributed by atoms with Gasteiger partial charge in [0.1, 0.15) is 11.5 Å². The van der Waals surface area contributed by atoms with Crippen LogP contribution in [0.5, 0.6) is 5.75 Å². The molecule has 0 bridgehead atoms. The van der Waals surface area contributed by atoms with Crippen LogP contribution in [0.25, 0.3) is 11.8 Å². The average molecular weight is 302 g/mol. The zero-order chi connectivity index (χ0) is 15.2. The van der Waals surface area contributed by atoms with Crippen molar-refractivity contribution in [3.05, 3.63) is 52.6 Å². The summed E-state index contributed by atoms with van der Waals surface area (Å²) in [7, 11) is 1.59. The topological polar surface area (TPSA) is 64.2 Å². The van der Waals surface area contributed by atoms with Gasteiger partial charge in [-0.05, 0) is 42.5 Å². The van der Waals surface area contributed by atoms with Gasteiger partial charge in [0.2, 0.25) is 0 Å². The number of carbonyl (C=O) groups is 1. The third-order valence-electron chi connectivity index (χ3n) is 2.61. The van der Waals surface area contributed by atoms with Crippen LogP contribution in [0.3, 0.4) is 0 Å². The molecular weight excluding hydrogens is 288 g/mol. The van der Waals surface area contributed by atoms with Crippen LogP contribution in [0, 0.1) is 4.77 Å². The first kappa shape index (κ1) is 14.9. The Labute approximate surface area is 127 Å². The van der Waals surface area contributed by atoms with Crippen LogP contribution in [0.4, 0.5) is 0 Å². The van der Waals surface area contributed by atoms with E-state index in [-0.39, 0.29) is 0 Å². The van der Waals surface area contributed by atoms with E-state index in [4.69, 9.17) is 21.7 Å². The highest BCUT2D eigenvalue weighted by Crippen LogP contribution is 2.21. The molecule has 2 rings (SSSR count). The molecule has 0 atom stereocenters. The number of hydrogen-bond acceptors (Lipinski definition) is 5. The third kappa shape index (κ3) is 4.25. The second-order valence-corrected chi connectivity index (χ2v) is 4.55. The van der Waals surface area contributed by atoms with E-state index < -0.39 is 5.97 Å². The smallest absolute Gasteiger partial charge is 0.308 e. The van der Waals surface area contributed by atoms with E-state index in [2.05, 4.69) is 9.97 Å². The summed E-state index contributed by atoms with van der Waals surface area (Å²) in [4.78, 5) is 18.1. The van der Waals surface area contributed by atoms with E-state index in [1.54, 1.807) is 37.6 Å². The first-order valence-electron chi connectivity index (χ1n) is 6.18. The zero-order valence-electron chi connectivity index (χ0n) is 11.6.